The van der Waals surface area contributed by atoms with Crippen LogP contribution in [-0.2, 0) is 16.1 Å². The number of anilines is 1. The highest BCUT2D eigenvalue weighted by Gasteiger charge is 2.28. The van der Waals surface area contributed by atoms with Crippen molar-refractivity contribution in [2.75, 3.05) is 30.3 Å². The zero-order valence-corrected chi connectivity index (χ0v) is 20.9. The lowest BCUT2D eigenvalue weighted by molar-refractivity contribution is -0.133. The third-order valence-electron chi connectivity index (χ3n) is 5.59. The predicted octanol–water partition coefficient (Wildman–Crippen LogP) is 4.16. The molecule has 0 saturated carbocycles. The number of carbonyl (C=O) groups is 2. The van der Waals surface area contributed by atoms with Gasteiger partial charge in [-0.1, -0.05) is 73.5 Å². The molecule has 1 fully saturated rings. The Labute approximate surface area is 205 Å². The largest absolute Gasteiger partial charge is 0.353 e. The van der Waals surface area contributed by atoms with Crippen LogP contribution < -0.4 is 10.2 Å². The Morgan fingerprint density at radius 3 is 2.70 bits per heavy atom. The van der Waals surface area contributed by atoms with Gasteiger partial charge in [-0.25, -0.2) is 9.97 Å². The first-order valence-corrected chi connectivity index (χ1v) is 12.8. The fraction of sp³-hybridized carbons (Fsp3) is 0.500. The summed E-state index contributed by atoms with van der Waals surface area (Å²) in [5, 5.41) is 3.72. The molecule has 9 heteroatoms. The molecule has 1 saturated heterocycles. The molecule has 1 unspecified atom stereocenters. The molecule has 3 rings (SSSR count). The monoisotopic (exact) mass is 489 g/mol. The number of thioether (sulfide) groups is 1. The average molecular weight is 490 g/mol. The lowest BCUT2D eigenvalue weighted by Crippen LogP contribution is -2.54. The van der Waals surface area contributed by atoms with Gasteiger partial charge in [0.25, 0.3) is 0 Å². The van der Waals surface area contributed by atoms with E-state index in [1.54, 1.807) is 6.07 Å². The molecule has 2 heterocycles. The number of aromatic nitrogens is 2. The van der Waals surface area contributed by atoms with Crippen molar-refractivity contribution in [1.82, 2.24) is 20.2 Å². The van der Waals surface area contributed by atoms with E-state index < -0.39 is 0 Å². The SMILES string of the molecule is CCCCCC(=O)N1CCN(c2cc(Cl)nc(SCC(=O)NCc3ccccc3)n2)CC1C. The maximum Gasteiger partial charge on any atom is 0.230 e. The average Bonchev–Trinajstić information content (AvgIpc) is 2.81. The van der Waals surface area contributed by atoms with E-state index in [0.29, 0.717) is 42.9 Å². The van der Waals surface area contributed by atoms with Crippen molar-refractivity contribution in [3.8, 4) is 0 Å². The molecule has 1 aliphatic rings. The number of nitrogens with zero attached hydrogens (tertiary/aromatic N) is 4. The second-order valence-electron chi connectivity index (χ2n) is 8.22. The Hall–Kier alpha value is -2.32. The van der Waals surface area contributed by atoms with Crippen LogP contribution in [0.25, 0.3) is 0 Å². The molecular weight excluding hydrogens is 458 g/mol. The molecule has 0 aliphatic carbocycles. The fourth-order valence-electron chi connectivity index (χ4n) is 3.80. The van der Waals surface area contributed by atoms with Gasteiger partial charge in [0.05, 0.1) is 5.75 Å². The smallest absolute Gasteiger partial charge is 0.230 e. The minimum Gasteiger partial charge on any atom is -0.353 e. The molecule has 1 aliphatic heterocycles. The number of unbranched alkanes of at least 4 members (excludes halogenated alkanes) is 2. The normalized spacial score (nSPS) is 16.0. The Bertz CT molecular complexity index is 930. The van der Waals surface area contributed by atoms with E-state index in [2.05, 4.69) is 34.0 Å². The lowest BCUT2D eigenvalue weighted by atomic mass is 10.1. The summed E-state index contributed by atoms with van der Waals surface area (Å²) in [7, 11) is 0. The molecular formula is C24H32ClN5O2S. The molecule has 2 amide bonds. The number of halogens is 1. The summed E-state index contributed by atoms with van der Waals surface area (Å²) in [6, 6.07) is 11.6. The summed E-state index contributed by atoms with van der Waals surface area (Å²) in [6.07, 6.45) is 3.76. The van der Waals surface area contributed by atoms with E-state index in [-0.39, 0.29) is 23.6 Å². The first kappa shape index (κ1) is 25.3. The van der Waals surface area contributed by atoms with Crippen molar-refractivity contribution in [2.45, 2.75) is 57.3 Å². The van der Waals surface area contributed by atoms with Gasteiger partial charge >= 0.3 is 0 Å². The highest BCUT2D eigenvalue weighted by molar-refractivity contribution is 7.99. The van der Waals surface area contributed by atoms with Crippen LogP contribution in [0.15, 0.2) is 41.6 Å². The van der Waals surface area contributed by atoms with Gasteiger partial charge in [0.1, 0.15) is 11.0 Å². The number of piperazine rings is 1. The number of rotatable bonds is 10. The standard InChI is InChI=1S/C24H32ClN5O2S/c1-3-4-6-11-23(32)30-13-12-29(16-18(30)2)21-14-20(25)27-24(28-21)33-17-22(31)26-15-19-9-7-5-8-10-19/h5,7-10,14,18H,3-4,6,11-13,15-17H2,1-2H3,(H,26,31). The summed E-state index contributed by atoms with van der Waals surface area (Å²) >= 11 is 7.52. The topological polar surface area (TPSA) is 78.4 Å². The molecule has 1 atom stereocenters. The minimum absolute atomic E-state index is 0.0854. The highest BCUT2D eigenvalue weighted by atomic mass is 35.5. The molecule has 0 spiro atoms. The fourth-order valence-corrected chi connectivity index (χ4v) is 4.71. The van der Waals surface area contributed by atoms with Crippen molar-refractivity contribution in [3.63, 3.8) is 0 Å². The molecule has 1 aromatic carbocycles. The highest BCUT2D eigenvalue weighted by Crippen LogP contribution is 2.24. The molecule has 7 nitrogen and oxygen atoms in total. The van der Waals surface area contributed by atoms with E-state index in [9.17, 15) is 9.59 Å². The summed E-state index contributed by atoms with van der Waals surface area (Å²) in [5.74, 6) is 1.09. The first-order valence-electron chi connectivity index (χ1n) is 11.5. The third kappa shape index (κ3) is 7.89. The number of hydrogen-bond donors (Lipinski definition) is 1. The van der Waals surface area contributed by atoms with Crippen molar-refractivity contribution in [1.29, 1.82) is 0 Å². The molecule has 0 radical (unpaired) electrons. The second kappa shape index (κ2) is 12.8. The Kier molecular flexibility index (Phi) is 9.81. The summed E-state index contributed by atoms with van der Waals surface area (Å²) < 4.78 is 0. The van der Waals surface area contributed by atoms with Crippen molar-refractivity contribution in [3.05, 3.63) is 47.1 Å². The second-order valence-corrected chi connectivity index (χ2v) is 9.55. The van der Waals surface area contributed by atoms with Crippen LogP contribution in [0.1, 0.15) is 45.1 Å². The minimum atomic E-state index is -0.0854. The first-order chi connectivity index (χ1) is 16.0. The van der Waals surface area contributed by atoms with Gasteiger partial charge in [0.2, 0.25) is 11.8 Å². The van der Waals surface area contributed by atoms with Gasteiger partial charge < -0.3 is 15.1 Å². The van der Waals surface area contributed by atoms with Crippen LogP contribution in [0.3, 0.4) is 0 Å². The molecule has 1 N–H and O–H groups in total. The maximum absolute atomic E-state index is 12.5. The van der Waals surface area contributed by atoms with Crippen LogP contribution in [0.4, 0.5) is 5.82 Å². The zero-order chi connectivity index (χ0) is 23.6. The predicted molar refractivity (Wildman–Crippen MR) is 134 cm³/mol. The molecule has 178 valence electrons. The third-order valence-corrected chi connectivity index (χ3v) is 6.63. The zero-order valence-electron chi connectivity index (χ0n) is 19.3. The number of amides is 2. The molecule has 1 aromatic heterocycles. The van der Waals surface area contributed by atoms with Gasteiger partial charge in [0.15, 0.2) is 5.16 Å². The molecule has 33 heavy (non-hydrogen) atoms. The van der Waals surface area contributed by atoms with Crippen LogP contribution in [0, 0.1) is 0 Å². The quantitative estimate of drug-likeness (QED) is 0.234. The number of carbonyl (C=O) groups excluding carboxylic acids is 2. The Balaban J connectivity index is 1.52. The van der Waals surface area contributed by atoms with Crippen LogP contribution >= 0.6 is 23.4 Å². The van der Waals surface area contributed by atoms with Gasteiger partial charge in [0, 0.05) is 44.7 Å². The lowest BCUT2D eigenvalue weighted by Gasteiger charge is -2.40. The Morgan fingerprint density at radius 2 is 1.97 bits per heavy atom. The van der Waals surface area contributed by atoms with E-state index >= 15 is 0 Å². The van der Waals surface area contributed by atoms with Crippen LogP contribution in [0.5, 0.6) is 0 Å². The van der Waals surface area contributed by atoms with Crippen molar-refractivity contribution >= 4 is 41.0 Å². The number of nitrogens with one attached hydrogen (secondary N) is 1. The van der Waals surface area contributed by atoms with Gasteiger partial charge in [-0.3, -0.25) is 9.59 Å². The van der Waals surface area contributed by atoms with Crippen molar-refractivity contribution < 1.29 is 9.59 Å². The van der Waals surface area contributed by atoms with Gasteiger partial charge in [-0.05, 0) is 18.9 Å². The summed E-state index contributed by atoms with van der Waals surface area (Å²) in [5.41, 5.74) is 1.05. The van der Waals surface area contributed by atoms with Crippen molar-refractivity contribution in [2.24, 2.45) is 0 Å². The van der Waals surface area contributed by atoms with Crippen LogP contribution in [0.2, 0.25) is 5.15 Å². The van der Waals surface area contributed by atoms with Gasteiger partial charge in [-0.15, -0.1) is 0 Å². The summed E-state index contributed by atoms with van der Waals surface area (Å²) in [4.78, 5) is 37.8. The van der Waals surface area contributed by atoms with E-state index in [4.69, 9.17) is 11.6 Å². The van der Waals surface area contributed by atoms with Gasteiger partial charge in [-0.2, -0.15) is 0 Å². The van der Waals surface area contributed by atoms with E-state index in [1.165, 1.54) is 11.8 Å². The van der Waals surface area contributed by atoms with Crippen LogP contribution in [-0.4, -0.2) is 58.1 Å². The number of hydrogen-bond acceptors (Lipinski definition) is 6. The van der Waals surface area contributed by atoms with E-state index in [1.807, 2.05) is 35.2 Å². The molecule has 0 bridgehead atoms. The maximum atomic E-state index is 12.5. The summed E-state index contributed by atoms with van der Waals surface area (Å²) in [6.45, 7) is 6.74. The Morgan fingerprint density at radius 1 is 1.18 bits per heavy atom. The molecule has 2 aromatic rings. The van der Waals surface area contributed by atoms with E-state index in [0.717, 1.165) is 30.6 Å². The number of benzene rings is 1.